The lowest BCUT2D eigenvalue weighted by Gasteiger charge is -2.16. The second-order valence-corrected chi connectivity index (χ2v) is 2.86. The number of nitrogens with two attached hydrogens (primary N) is 1. The summed E-state index contributed by atoms with van der Waals surface area (Å²) >= 11 is 5.76. The molecule has 1 aromatic rings. The molecule has 0 aliphatic heterocycles. The highest BCUT2D eigenvalue weighted by molar-refractivity contribution is 6.30. The van der Waals surface area contributed by atoms with E-state index >= 15 is 0 Å². The maximum absolute atomic E-state index is 7.17. The van der Waals surface area contributed by atoms with Crippen LogP contribution in [0.15, 0.2) is 24.3 Å². The van der Waals surface area contributed by atoms with Crippen molar-refractivity contribution in [3.63, 3.8) is 0 Å². The maximum atomic E-state index is 7.17. The number of guanidine groups is 1. The topological polar surface area (TPSA) is 53.1 Å². The minimum absolute atomic E-state index is 0.00253. The van der Waals surface area contributed by atoms with Gasteiger partial charge in [-0.1, -0.05) is 17.7 Å². The Hall–Kier alpha value is -1.22. The van der Waals surface area contributed by atoms with Gasteiger partial charge in [-0.3, -0.25) is 5.41 Å². The van der Waals surface area contributed by atoms with E-state index in [4.69, 9.17) is 22.7 Å². The van der Waals surface area contributed by atoms with Gasteiger partial charge in [0.25, 0.3) is 0 Å². The summed E-state index contributed by atoms with van der Waals surface area (Å²) in [5.74, 6) is -0.00253. The van der Waals surface area contributed by atoms with Crippen molar-refractivity contribution in [2.75, 3.05) is 11.9 Å². The molecule has 0 saturated carbocycles. The zero-order chi connectivity index (χ0) is 9.14. The quantitative estimate of drug-likeness (QED) is 0.514. The van der Waals surface area contributed by atoms with Crippen molar-refractivity contribution in [1.82, 2.24) is 0 Å². The second-order valence-electron chi connectivity index (χ2n) is 2.42. The Morgan fingerprint density at radius 1 is 1.58 bits per heavy atom. The van der Waals surface area contributed by atoms with Crippen LogP contribution in [0, 0.1) is 5.41 Å². The summed E-state index contributed by atoms with van der Waals surface area (Å²) in [6, 6.07) is 7.19. The van der Waals surface area contributed by atoms with Crippen molar-refractivity contribution in [3.8, 4) is 0 Å². The molecule has 1 rings (SSSR count). The summed E-state index contributed by atoms with van der Waals surface area (Å²) in [7, 11) is 1.72. The Morgan fingerprint density at radius 3 is 2.75 bits per heavy atom. The number of benzene rings is 1. The van der Waals surface area contributed by atoms with E-state index < -0.39 is 0 Å². The van der Waals surface area contributed by atoms with Crippen LogP contribution in [-0.4, -0.2) is 13.0 Å². The highest BCUT2D eigenvalue weighted by Gasteiger charge is 2.02. The number of rotatable bonds is 1. The van der Waals surface area contributed by atoms with E-state index in [1.807, 2.05) is 12.1 Å². The van der Waals surface area contributed by atoms with Crippen LogP contribution < -0.4 is 10.6 Å². The Kier molecular flexibility index (Phi) is 2.55. The molecule has 3 nitrogen and oxygen atoms in total. The molecule has 12 heavy (non-hydrogen) atoms. The van der Waals surface area contributed by atoms with Gasteiger partial charge in [0.2, 0.25) is 0 Å². The van der Waals surface area contributed by atoms with Gasteiger partial charge >= 0.3 is 0 Å². The van der Waals surface area contributed by atoms with Crippen LogP contribution in [0.2, 0.25) is 5.02 Å². The molecule has 0 fully saturated rings. The molecule has 0 atom stereocenters. The molecular weight excluding hydrogens is 174 g/mol. The van der Waals surface area contributed by atoms with Gasteiger partial charge in [0.15, 0.2) is 5.96 Å². The van der Waals surface area contributed by atoms with Crippen molar-refractivity contribution in [3.05, 3.63) is 29.3 Å². The van der Waals surface area contributed by atoms with E-state index in [1.54, 1.807) is 24.1 Å². The van der Waals surface area contributed by atoms with Crippen molar-refractivity contribution in [2.24, 2.45) is 5.73 Å². The zero-order valence-electron chi connectivity index (χ0n) is 6.71. The van der Waals surface area contributed by atoms with Crippen molar-refractivity contribution < 1.29 is 0 Å². The summed E-state index contributed by atoms with van der Waals surface area (Å²) < 4.78 is 0. The molecule has 64 valence electrons. The van der Waals surface area contributed by atoms with Crippen LogP contribution in [0.5, 0.6) is 0 Å². The van der Waals surface area contributed by atoms with Gasteiger partial charge in [0.05, 0.1) is 0 Å². The standard InChI is InChI=1S/C8H10ClN3/c1-12(8(10)11)7-4-2-3-6(9)5-7/h2-5H,1H3,(H3,10,11). The Bertz CT molecular complexity index is 298. The Balaban J connectivity index is 2.95. The van der Waals surface area contributed by atoms with Gasteiger partial charge in [-0.05, 0) is 18.2 Å². The number of hydrogen-bond donors (Lipinski definition) is 2. The molecule has 3 N–H and O–H groups in total. The number of nitrogens with zero attached hydrogens (tertiary/aromatic N) is 1. The summed E-state index contributed by atoms with van der Waals surface area (Å²) in [4.78, 5) is 1.55. The average Bonchev–Trinajstić information content (AvgIpc) is 2.03. The third kappa shape index (κ3) is 1.89. The minimum Gasteiger partial charge on any atom is -0.370 e. The number of halogens is 1. The van der Waals surface area contributed by atoms with Gasteiger partial charge in [-0.25, -0.2) is 0 Å². The molecule has 0 saturated heterocycles. The fraction of sp³-hybridized carbons (Fsp3) is 0.125. The van der Waals surface area contributed by atoms with Crippen molar-refractivity contribution in [1.29, 1.82) is 5.41 Å². The van der Waals surface area contributed by atoms with Gasteiger partial charge in [0, 0.05) is 17.8 Å². The van der Waals surface area contributed by atoms with Crippen LogP contribution in [0.3, 0.4) is 0 Å². The second kappa shape index (κ2) is 3.45. The third-order valence-corrected chi connectivity index (χ3v) is 1.79. The first-order valence-corrected chi connectivity index (χ1v) is 3.82. The predicted octanol–water partition coefficient (Wildman–Crippen LogP) is 1.67. The lowest BCUT2D eigenvalue weighted by Crippen LogP contribution is -2.32. The summed E-state index contributed by atoms with van der Waals surface area (Å²) in [6.45, 7) is 0. The minimum atomic E-state index is -0.00253. The average molecular weight is 184 g/mol. The molecule has 1 aromatic carbocycles. The molecule has 0 aliphatic rings. The van der Waals surface area contributed by atoms with E-state index in [2.05, 4.69) is 0 Å². The van der Waals surface area contributed by atoms with Crippen LogP contribution in [0.4, 0.5) is 5.69 Å². The number of nitrogens with one attached hydrogen (secondary N) is 1. The first kappa shape index (κ1) is 8.87. The highest BCUT2D eigenvalue weighted by atomic mass is 35.5. The predicted molar refractivity (Wildman–Crippen MR) is 51.8 cm³/mol. The Morgan fingerprint density at radius 2 is 2.25 bits per heavy atom. The monoisotopic (exact) mass is 183 g/mol. The molecule has 0 radical (unpaired) electrons. The van der Waals surface area contributed by atoms with Crippen LogP contribution in [0.1, 0.15) is 0 Å². The third-order valence-electron chi connectivity index (χ3n) is 1.56. The van der Waals surface area contributed by atoms with Crippen molar-refractivity contribution >= 4 is 23.2 Å². The molecule has 0 spiro atoms. The van der Waals surface area contributed by atoms with Crippen LogP contribution in [-0.2, 0) is 0 Å². The first-order chi connectivity index (χ1) is 5.61. The molecule has 4 heteroatoms. The normalized spacial score (nSPS) is 9.50. The van der Waals surface area contributed by atoms with Gasteiger partial charge in [0.1, 0.15) is 0 Å². The van der Waals surface area contributed by atoms with E-state index in [9.17, 15) is 0 Å². The van der Waals surface area contributed by atoms with Gasteiger partial charge < -0.3 is 10.6 Å². The van der Waals surface area contributed by atoms with Gasteiger partial charge in [-0.2, -0.15) is 0 Å². The maximum Gasteiger partial charge on any atom is 0.192 e. The summed E-state index contributed by atoms with van der Waals surface area (Å²) in [5.41, 5.74) is 6.10. The summed E-state index contributed by atoms with van der Waals surface area (Å²) in [6.07, 6.45) is 0. The zero-order valence-corrected chi connectivity index (χ0v) is 7.47. The molecule has 0 heterocycles. The molecule has 0 bridgehead atoms. The van der Waals surface area contributed by atoms with Gasteiger partial charge in [-0.15, -0.1) is 0 Å². The van der Waals surface area contributed by atoms with E-state index in [1.165, 1.54) is 0 Å². The lowest BCUT2D eigenvalue weighted by molar-refractivity contribution is 1.20. The smallest absolute Gasteiger partial charge is 0.192 e. The number of anilines is 1. The fourth-order valence-corrected chi connectivity index (χ4v) is 1.01. The SMILES string of the molecule is CN(C(=N)N)c1cccc(Cl)c1. The molecule has 0 amide bonds. The largest absolute Gasteiger partial charge is 0.370 e. The molecule has 0 aliphatic carbocycles. The van der Waals surface area contributed by atoms with Crippen molar-refractivity contribution in [2.45, 2.75) is 0 Å². The lowest BCUT2D eigenvalue weighted by atomic mass is 10.3. The molecule has 0 aromatic heterocycles. The van der Waals surface area contributed by atoms with Crippen LogP contribution in [0.25, 0.3) is 0 Å². The summed E-state index contributed by atoms with van der Waals surface area (Å²) in [5, 5.41) is 7.81. The first-order valence-electron chi connectivity index (χ1n) is 3.44. The van der Waals surface area contributed by atoms with E-state index in [0.717, 1.165) is 5.69 Å². The van der Waals surface area contributed by atoms with E-state index in [0.29, 0.717) is 5.02 Å². The van der Waals surface area contributed by atoms with Crippen LogP contribution >= 0.6 is 11.6 Å². The molecule has 0 unspecified atom stereocenters. The highest BCUT2D eigenvalue weighted by Crippen LogP contribution is 2.17. The molecular formula is C8H10ClN3. The Labute approximate surface area is 76.2 Å². The van der Waals surface area contributed by atoms with E-state index in [-0.39, 0.29) is 5.96 Å². The number of hydrogen-bond acceptors (Lipinski definition) is 1. The fourth-order valence-electron chi connectivity index (χ4n) is 0.824.